The van der Waals surface area contributed by atoms with E-state index in [9.17, 15) is 4.79 Å². The zero-order valence-electron chi connectivity index (χ0n) is 20.9. The third kappa shape index (κ3) is 17.3. The first kappa shape index (κ1) is 29.6. The minimum absolute atomic E-state index is 0.286. The number of hydrogen-bond donors (Lipinski definition) is 0. The molecule has 0 rings (SSSR count). The molecule has 0 aliphatic rings. The van der Waals surface area contributed by atoms with Gasteiger partial charge in [0.25, 0.3) is 0 Å². The Morgan fingerprint density at radius 1 is 0.633 bits per heavy atom. The lowest BCUT2D eigenvalue weighted by Crippen LogP contribution is -2.13. The smallest absolute Gasteiger partial charge is 0.330 e. The predicted octanol–water partition coefficient (Wildman–Crippen LogP) is 9.03. The van der Waals surface area contributed by atoms with Crippen LogP contribution >= 0.6 is 7.26 Å². The fourth-order valence-electron chi connectivity index (χ4n) is 4.43. The minimum atomic E-state index is -0.791. The number of hydrogen-bond acceptors (Lipinski definition) is 2. The SMILES string of the molecule is C=CC(=O)OCCCCCC[P+](CCCCCC)(CCCCCC)CCCCCC. The lowest BCUT2D eigenvalue weighted by Gasteiger charge is -2.28. The maximum Gasteiger partial charge on any atom is 0.330 e. The van der Waals surface area contributed by atoms with Gasteiger partial charge >= 0.3 is 5.97 Å². The summed E-state index contributed by atoms with van der Waals surface area (Å²) in [7, 11) is -0.791. The molecule has 178 valence electrons. The Morgan fingerprint density at radius 3 is 1.37 bits per heavy atom. The lowest BCUT2D eigenvalue weighted by atomic mass is 10.2. The quantitative estimate of drug-likeness (QED) is 0.0684. The van der Waals surface area contributed by atoms with Crippen molar-refractivity contribution in [2.45, 2.75) is 124 Å². The maximum absolute atomic E-state index is 11.1. The Bertz CT molecular complexity index is 363. The fourth-order valence-corrected chi connectivity index (χ4v) is 9.35. The van der Waals surface area contributed by atoms with Crippen molar-refractivity contribution in [2.75, 3.05) is 31.3 Å². The van der Waals surface area contributed by atoms with E-state index in [2.05, 4.69) is 27.4 Å². The van der Waals surface area contributed by atoms with Gasteiger partial charge in [0.1, 0.15) is 0 Å². The van der Waals surface area contributed by atoms with E-state index in [-0.39, 0.29) is 5.97 Å². The van der Waals surface area contributed by atoms with E-state index >= 15 is 0 Å². The molecule has 0 spiro atoms. The molecule has 0 saturated heterocycles. The summed E-state index contributed by atoms with van der Waals surface area (Å²) in [5.74, 6) is -0.286. The molecule has 0 bridgehead atoms. The van der Waals surface area contributed by atoms with Gasteiger partial charge in [-0.1, -0.05) is 65.9 Å². The molecule has 0 N–H and O–H groups in total. The monoisotopic (exact) mass is 441 g/mol. The van der Waals surface area contributed by atoms with Gasteiger partial charge in [0.15, 0.2) is 0 Å². The van der Waals surface area contributed by atoms with Crippen molar-refractivity contribution < 1.29 is 9.53 Å². The third-order valence-corrected chi connectivity index (χ3v) is 11.5. The van der Waals surface area contributed by atoms with Crippen LogP contribution in [0.15, 0.2) is 12.7 Å². The first-order valence-corrected chi connectivity index (χ1v) is 15.8. The van der Waals surface area contributed by atoms with Crippen LogP contribution in [0.25, 0.3) is 0 Å². The van der Waals surface area contributed by atoms with Crippen molar-refractivity contribution >= 4 is 13.2 Å². The van der Waals surface area contributed by atoms with Crippen LogP contribution in [0.5, 0.6) is 0 Å². The van der Waals surface area contributed by atoms with Gasteiger partial charge < -0.3 is 4.74 Å². The lowest BCUT2D eigenvalue weighted by molar-refractivity contribution is -0.137. The van der Waals surface area contributed by atoms with E-state index in [0.717, 1.165) is 6.42 Å². The van der Waals surface area contributed by atoms with Crippen LogP contribution < -0.4 is 0 Å². The summed E-state index contributed by atoms with van der Waals surface area (Å²) in [5, 5.41) is 0. The number of carbonyl (C=O) groups excluding carboxylic acids is 1. The van der Waals surface area contributed by atoms with Gasteiger partial charge in [0.2, 0.25) is 0 Å². The van der Waals surface area contributed by atoms with Gasteiger partial charge in [0.05, 0.1) is 31.3 Å². The summed E-state index contributed by atoms with van der Waals surface area (Å²) in [4.78, 5) is 11.1. The number of carbonyl (C=O) groups is 1. The average molecular weight is 442 g/mol. The van der Waals surface area contributed by atoms with Crippen LogP contribution in [0, 0.1) is 0 Å². The second kappa shape index (κ2) is 21.9. The topological polar surface area (TPSA) is 26.3 Å². The highest BCUT2D eigenvalue weighted by Crippen LogP contribution is 2.61. The Morgan fingerprint density at radius 2 is 1.00 bits per heavy atom. The molecule has 0 aromatic heterocycles. The minimum Gasteiger partial charge on any atom is -0.463 e. The molecule has 0 fully saturated rings. The summed E-state index contributed by atoms with van der Waals surface area (Å²) in [6, 6.07) is 0. The molecule has 30 heavy (non-hydrogen) atoms. The molecule has 3 heteroatoms. The largest absolute Gasteiger partial charge is 0.463 e. The second-order valence-corrected chi connectivity index (χ2v) is 13.7. The van der Waals surface area contributed by atoms with Crippen molar-refractivity contribution in [1.29, 1.82) is 0 Å². The van der Waals surface area contributed by atoms with E-state index in [4.69, 9.17) is 4.74 Å². The molecule has 0 heterocycles. The van der Waals surface area contributed by atoms with Gasteiger partial charge in [-0.15, -0.1) is 0 Å². The van der Waals surface area contributed by atoms with E-state index in [1.807, 2.05) is 0 Å². The summed E-state index contributed by atoms with van der Waals surface area (Å²) in [6.07, 6.45) is 29.3. The first-order valence-electron chi connectivity index (χ1n) is 13.3. The van der Waals surface area contributed by atoms with Gasteiger partial charge in [-0.25, -0.2) is 4.79 Å². The normalized spacial score (nSPS) is 11.6. The molecule has 0 aromatic carbocycles. The molecular weight excluding hydrogens is 387 g/mol. The number of unbranched alkanes of at least 4 members (excludes halogenated alkanes) is 12. The highest BCUT2D eigenvalue weighted by atomic mass is 31.2. The summed E-state index contributed by atoms with van der Waals surface area (Å²) in [5.41, 5.74) is 0. The zero-order chi connectivity index (χ0) is 22.3. The summed E-state index contributed by atoms with van der Waals surface area (Å²) < 4.78 is 5.12. The average Bonchev–Trinajstić information content (AvgIpc) is 2.76. The molecule has 0 saturated carbocycles. The Balaban J connectivity index is 4.60. The molecular formula is C27H54O2P+. The molecule has 2 nitrogen and oxygen atoms in total. The number of esters is 1. The van der Waals surface area contributed by atoms with Crippen LogP contribution in [0.1, 0.15) is 124 Å². The molecule has 0 radical (unpaired) electrons. The van der Waals surface area contributed by atoms with Crippen LogP contribution in [0.3, 0.4) is 0 Å². The van der Waals surface area contributed by atoms with E-state index in [1.54, 1.807) is 18.5 Å². The van der Waals surface area contributed by atoms with Gasteiger partial charge in [-0.05, 0) is 64.2 Å². The predicted molar refractivity (Wildman–Crippen MR) is 138 cm³/mol. The Labute approximate surface area is 190 Å². The van der Waals surface area contributed by atoms with Crippen LogP contribution in [0.4, 0.5) is 0 Å². The highest BCUT2D eigenvalue weighted by molar-refractivity contribution is 7.75. The third-order valence-electron chi connectivity index (χ3n) is 6.40. The van der Waals surface area contributed by atoms with Crippen LogP contribution in [0.2, 0.25) is 0 Å². The van der Waals surface area contributed by atoms with Crippen LogP contribution in [-0.2, 0) is 9.53 Å². The van der Waals surface area contributed by atoms with E-state index in [0.29, 0.717) is 6.61 Å². The molecule has 0 aliphatic heterocycles. The molecule has 0 unspecified atom stereocenters. The van der Waals surface area contributed by atoms with Gasteiger partial charge in [0, 0.05) is 13.3 Å². The highest BCUT2D eigenvalue weighted by Gasteiger charge is 2.34. The summed E-state index contributed by atoms with van der Waals surface area (Å²) in [6.45, 7) is 11.0. The van der Waals surface area contributed by atoms with Crippen molar-refractivity contribution in [3.05, 3.63) is 12.7 Å². The van der Waals surface area contributed by atoms with Crippen molar-refractivity contribution in [2.24, 2.45) is 0 Å². The van der Waals surface area contributed by atoms with Crippen molar-refractivity contribution in [1.82, 2.24) is 0 Å². The maximum atomic E-state index is 11.1. The Hall–Kier alpha value is -0.360. The van der Waals surface area contributed by atoms with E-state index < -0.39 is 7.26 Å². The molecule has 0 atom stereocenters. The van der Waals surface area contributed by atoms with E-state index in [1.165, 1.54) is 109 Å². The van der Waals surface area contributed by atoms with Crippen molar-refractivity contribution in [3.63, 3.8) is 0 Å². The Kier molecular flexibility index (Phi) is 21.6. The standard InChI is InChI=1S/C27H54O2P/c1-5-9-12-18-23-30(24-19-13-10-6-2,25-20-14-11-7-3)26-21-16-15-17-22-29-27(28)8-4/h8H,4-7,9-26H2,1-3H3/q+1. The van der Waals surface area contributed by atoms with Gasteiger partial charge in [-0.3, -0.25) is 0 Å². The fraction of sp³-hybridized carbons (Fsp3) is 0.889. The number of ether oxygens (including phenoxy) is 1. The molecule has 0 amide bonds. The van der Waals surface area contributed by atoms with Gasteiger partial charge in [-0.2, -0.15) is 0 Å². The van der Waals surface area contributed by atoms with Crippen LogP contribution in [-0.4, -0.2) is 37.2 Å². The zero-order valence-corrected chi connectivity index (χ0v) is 21.8. The second-order valence-electron chi connectivity index (χ2n) is 9.20. The summed E-state index contributed by atoms with van der Waals surface area (Å²) >= 11 is 0. The van der Waals surface area contributed by atoms with Crippen molar-refractivity contribution in [3.8, 4) is 0 Å². The molecule has 0 aromatic rings. The first-order chi connectivity index (χ1) is 14.6. The molecule has 0 aliphatic carbocycles. The number of rotatable bonds is 23.